The topological polar surface area (TPSA) is 39.1 Å². The van der Waals surface area contributed by atoms with E-state index in [1.165, 1.54) is 6.20 Å². The molecule has 76 valence electrons. The number of carbonyl (C=O) groups excluding carboxylic acids is 1. The maximum atomic E-state index is 11.8. The first-order valence-electron chi connectivity index (χ1n) is 4.38. The number of benzene rings is 1. The third kappa shape index (κ3) is 1.45. The normalized spacial score (nSPS) is 10.5. The molecule has 1 aromatic carbocycles. The van der Waals surface area contributed by atoms with Crippen molar-refractivity contribution in [1.82, 2.24) is 4.57 Å². The van der Waals surface area contributed by atoms with Crippen LogP contribution in [0.4, 0.5) is 0 Å². The monoisotopic (exact) mass is 221 g/mol. The highest BCUT2D eigenvalue weighted by Crippen LogP contribution is 2.20. The summed E-state index contributed by atoms with van der Waals surface area (Å²) in [5.41, 5.74) is 0.516. The van der Waals surface area contributed by atoms with Crippen molar-refractivity contribution in [2.75, 3.05) is 0 Å². The van der Waals surface area contributed by atoms with Crippen LogP contribution in [-0.4, -0.2) is 10.9 Å². The lowest BCUT2D eigenvalue weighted by atomic mass is 10.1. The summed E-state index contributed by atoms with van der Waals surface area (Å²) in [5, 5.41) is 0.971. The Morgan fingerprint density at radius 2 is 2.13 bits per heavy atom. The Hall–Kier alpha value is -1.61. The van der Waals surface area contributed by atoms with Crippen LogP contribution < -0.4 is 5.43 Å². The van der Waals surface area contributed by atoms with Crippen LogP contribution in [0.5, 0.6) is 0 Å². The van der Waals surface area contributed by atoms with E-state index in [2.05, 4.69) is 0 Å². The van der Waals surface area contributed by atoms with E-state index in [0.29, 0.717) is 22.2 Å². The first-order chi connectivity index (χ1) is 7.15. The predicted molar refractivity (Wildman–Crippen MR) is 59.6 cm³/mol. The Morgan fingerprint density at radius 3 is 2.80 bits per heavy atom. The van der Waals surface area contributed by atoms with E-state index in [-0.39, 0.29) is 11.0 Å². The number of halogens is 1. The van der Waals surface area contributed by atoms with Gasteiger partial charge in [-0.3, -0.25) is 9.59 Å². The number of aldehydes is 1. The molecule has 0 aliphatic heterocycles. The number of hydrogen-bond donors (Lipinski definition) is 0. The highest BCUT2D eigenvalue weighted by Gasteiger charge is 2.08. The summed E-state index contributed by atoms with van der Waals surface area (Å²) in [6.45, 7) is 0. The molecule has 0 aliphatic carbocycles. The number of aromatic nitrogens is 1. The van der Waals surface area contributed by atoms with Crippen LogP contribution in [0.1, 0.15) is 10.4 Å². The number of hydrogen-bond acceptors (Lipinski definition) is 2. The molecule has 0 spiro atoms. The Balaban J connectivity index is 3.06. The molecule has 0 saturated heterocycles. The molecule has 4 heteroatoms. The molecule has 15 heavy (non-hydrogen) atoms. The van der Waals surface area contributed by atoms with Gasteiger partial charge in [-0.2, -0.15) is 0 Å². The fraction of sp³-hybridized carbons (Fsp3) is 0.0909. The zero-order valence-corrected chi connectivity index (χ0v) is 8.78. The summed E-state index contributed by atoms with van der Waals surface area (Å²) < 4.78 is 1.68. The number of carbonyl (C=O) groups is 1. The van der Waals surface area contributed by atoms with E-state index < -0.39 is 0 Å². The van der Waals surface area contributed by atoms with Gasteiger partial charge in [0.25, 0.3) is 0 Å². The number of aryl methyl sites for hydroxylation is 1. The molecule has 0 N–H and O–H groups in total. The molecule has 1 heterocycles. The van der Waals surface area contributed by atoms with Gasteiger partial charge in [0.1, 0.15) is 0 Å². The zero-order valence-electron chi connectivity index (χ0n) is 8.03. The predicted octanol–water partition coefficient (Wildman–Crippen LogP) is 2.00. The molecule has 0 radical (unpaired) electrons. The molecule has 2 aromatic rings. The van der Waals surface area contributed by atoms with Crippen molar-refractivity contribution < 1.29 is 4.79 Å². The average molecular weight is 222 g/mol. The number of pyridine rings is 1. The van der Waals surface area contributed by atoms with Gasteiger partial charge in [-0.1, -0.05) is 17.7 Å². The van der Waals surface area contributed by atoms with E-state index in [1.54, 1.807) is 29.8 Å². The number of fused-ring (bicyclic) bond motifs is 1. The SMILES string of the molecule is Cn1cc(C=O)c(=O)c2cccc(Cl)c21. The summed E-state index contributed by atoms with van der Waals surface area (Å²) in [7, 11) is 1.75. The lowest BCUT2D eigenvalue weighted by Crippen LogP contribution is -2.12. The van der Waals surface area contributed by atoms with Crippen LogP contribution in [0.25, 0.3) is 10.9 Å². The van der Waals surface area contributed by atoms with Gasteiger partial charge in [0, 0.05) is 18.6 Å². The molecule has 0 aliphatic rings. The summed E-state index contributed by atoms with van der Waals surface area (Å²) in [6, 6.07) is 5.07. The molecule has 0 amide bonds. The second kappa shape index (κ2) is 3.51. The van der Waals surface area contributed by atoms with Gasteiger partial charge < -0.3 is 4.57 Å². The molecule has 3 nitrogen and oxygen atoms in total. The molecular formula is C11H8ClNO2. The second-order valence-corrected chi connectivity index (χ2v) is 3.69. The Morgan fingerprint density at radius 1 is 1.40 bits per heavy atom. The Labute approximate surface area is 90.9 Å². The van der Waals surface area contributed by atoms with Crippen molar-refractivity contribution >= 4 is 28.8 Å². The van der Waals surface area contributed by atoms with E-state index in [9.17, 15) is 9.59 Å². The molecule has 0 bridgehead atoms. The maximum Gasteiger partial charge on any atom is 0.199 e. The molecule has 0 atom stereocenters. The largest absolute Gasteiger partial charge is 0.348 e. The number of rotatable bonds is 1. The fourth-order valence-electron chi connectivity index (χ4n) is 1.63. The molecular weight excluding hydrogens is 214 g/mol. The second-order valence-electron chi connectivity index (χ2n) is 3.28. The van der Waals surface area contributed by atoms with Crippen molar-refractivity contribution in [1.29, 1.82) is 0 Å². The van der Waals surface area contributed by atoms with Crippen LogP contribution in [0.15, 0.2) is 29.2 Å². The van der Waals surface area contributed by atoms with Gasteiger partial charge in [-0.05, 0) is 12.1 Å². The maximum absolute atomic E-state index is 11.8. The lowest BCUT2D eigenvalue weighted by Gasteiger charge is -2.07. The first-order valence-corrected chi connectivity index (χ1v) is 4.76. The Bertz CT molecular complexity index is 601. The van der Waals surface area contributed by atoms with Gasteiger partial charge in [-0.25, -0.2) is 0 Å². The standard InChI is InChI=1S/C11H8ClNO2/c1-13-5-7(6-14)11(15)8-3-2-4-9(12)10(8)13/h2-6H,1H3. The molecule has 0 unspecified atom stereocenters. The van der Waals surface area contributed by atoms with Gasteiger partial charge >= 0.3 is 0 Å². The Kier molecular flexibility index (Phi) is 2.32. The molecule has 0 fully saturated rings. The van der Waals surface area contributed by atoms with E-state index in [0.717, 1.165) is 0 Å². The minimum absolute atomic E-state index is 0.146. The van der Waals surface area contributed by atoms with E-state index in [1.807, 2.05) is 0 Å². The highest BCUT2D eigenvalue weighted by molar-refractivity contribution is 6.35. The van der Waals surface area contributed by atoms with E-state index >= 15 is 0 Å². The zero-order chi connectivity index (χ0) is 11.0. The minimum atomic E-state index is -0.277. The third-order valence-corrected chi connectivity index (χ3v) is 2.61. The van der Waals surface area contributed by atoms with Crippen molar-refractivity contribution in [3.05, 3.63) is 45.2 Å². The van der Waals surface area contributed by atoms with Crippen LogP contribution in [-0.2, 0) is 7.05 Å². The molecule has 0 saturated carbocycles. The first kappa shape index (κ1) is 9.93. The van der Waals surface area contributed by atoms with Crippen LogP contribution in [0.3, 0.4) is 0 Å². The van der Waals surface area contributed by atoms with Gasteiger partial charge in [0.05, 0.1) is 16.1 Å². The van der Waals surface area contributed by atoms with Crippen LogP contribution in [0.2, 0.25) is 5.02 Å². The number of para-hydroxylation sites is 1. The highest BCUT2D eigenvalue weighted by atomic mass is 35.5. The van der Waals surface area contributed by atoms with Crippen molar-refractivity contribution in [3.63, 3.8) is 0 Å². The van der Waals surface area contributed by atoms with Crippen LogP contribution >= 0.6 is 11.6 Å². The quantitative estimate of drug-likeness (QED) is 0.691. The molecule has 1 aromatic heterocycles. The molecule has 2 rings (SSSR count). The fourth-order valence-corrected chi connectivity index (χ4v) is 1.94. The summed E-state index contributed by atoms with van der Waals surface area (Å²) >= 11 is 5.98. The summed E-state index contributed by atoms with van der Waals surface area (Å²) in [4.78, 5) is 22.4. The smallest absolute Gasteiger partial charge is 0.199 e. The van der Waals surface area contributed by atoms with Crippen molar-refractivity contribution in [2.24, 2.45) is 7.05 Å². The van der Waals surface area contributed by atoms with Gasteiger partial charge in [0.15, 0.2) is 11.7 Å². The van der Waals surface area contributed by atoms with Crippen molar-refractivity contribution in [3.8, 4) is 0 Å². The number of nitrogens with zero attached hydrogens (tertiary/aromatic N) is 1. The lowest BCUT2D eigenvalue weighted by molar-refractivity contribution is 0.112. The van der Waals surface area contributed by atoms with Crippen LogP contribution in [0, 0.1) is 0 Å². The van der Waals surface area contributed by atoms with Gasteiger partial charge in [0.2, 0.25) is 0 Å². The minimum Gasteiger partial charge on any atom is -0.348 e. The van der Waals surface area contributed by atoms with E-state index in [4.69, 9.17) is 11.6 Å². The summed E-state index contributed by atoms with van der Waals surface area (Å²) in [5.74, 6) is 0. The third-order valence-electron chi connectivity index (χ3n) is 2.31. The average Bonchev–Trinajstić information content (AvgIpc) is 2.23. The summed E-state index contributed by atoms with van der Waals surface area (Å²) in [6.07, 6.45) is 2.05. The van der Waals surface area contributed by atoms with Gasteiger partial charge in [-0.15, -0.1) is 0 Å². The van der Waals surface area contributed by atoms with Crippen molar-refractivity contribution in [2.45, 2.75) is 0 Å².